The average molecular weight is 304 g/mol. The van der Waals surface area contributed by atoms with Gasteiger partial charge in [-0.05, 0) is 24.6 Å². The maximum Gasteiger partial charge on any atom is 0.177 e. The van der Waals surface area contributed by atoms with Gasteiger partial charge in [0.15, 0.2) is 15.7 Å². The molecule has 3 rings (SSSR count). The van der Waals surface area contributed by atoms with Crippen LogP contribution in [-0.2, 0) is 23.3 Å². The highest BCUT2D eigenvalue weighted by Gasteiger charge is 2.17. The van der Waals surface area contributed by atoms with Crippen LogP contribution >= 0.6 is 0 Å². The van der Waals surface area contributed by atoms with Gasteiger partial charge in [0.25, 0.3) is 0 Å². The second-order valence-electron chi connectivity index (χ2n) is 5.01. The fourth-order valence-electron chi connectivity index (χ4n) is 2.35. The van der Waals surface area contributed by atoms with Crippen LogP contribution in [0.3, 0.4) is 0 Å². The Labute approximate surface area is 122 Å². The van der Waals surface area contributed by atoms with Gasteiger partial charge in [0.1, 0.15) is 11.2 Å². The summed E-state index contributed by atoms with van der Waals surface area (Å²) in [5.74, 6) is 0.621. The molecule has 7 heteroatoms. The van der Waals surface area contributed by atoms with E-state index >= 15 is 0 Å². The van der Waals surface area contributed by atoms with Gasteiger partial charge in [-0.3, -0.25) is 4.68 Å². The fourth-order valence-corrected chi connectivity index (χ4v) is 3.18. The number of aromatic amines is 1. The number of hydrogen-bond acceptors (Lipinski definition) is 4. The Bertz CT molecular complexity index is 922. The number of sulfone groups is 1. The smallest absolute Gasteiger partial charge is 0.177 e. The number of imidazole rings is 1. The lowest BCUT2D eigenvalue weighted by molar-refractivity contribution is 0.602. The molecule has 0 aliphatic carbocycles. The molecule has 0 aliphatic rings. The molecule has 0 unspecified atom stereocenters. The number of H-pyrrole nitrogens is 1. The van der Waals surface area contributed by atoms with E-state index < -0.39 is 9.84 Å². The maximum atomic E-state index is 11.8. The first-order valence-corrected chi connectivity index (χ1v) is 8.51. The van der Waals surface area contributed by atoms with Gasteiger partial charge in [0.05, 0.1) is 16.1 Å². The van der Waals surface area contributed by atoms with Crippen molar-refractivity contribution in [3.8, 4) is 11.5 Å². The molecule has 2 aromatic heterocycles. The predicted molar refractivity (Wildman–Crippen MR) is 80.8 cm³/mol. The molecule has 110 valence electrons. The number of aromatic nitrogens is 4. The van der Waals surface area contributed by atoms with Crippen LogP contribution in [0.25, 0.3) is 22.6 Å². The monoisotopic (exact) mass is 304 g/mol. The van der Waals surface area contributed by atoms with Gasteiger partial charge in [-0.25, -0.2) is 13.4 Å². The van der Waals surface area contributed by atoms with Crippen LogP contribution in [0.15, 0.2) is 29.2 Å². The van der Waals surface area contributed by atoms with Crippen molar-refractivity contribution in [2.45, 2.75) is 18.2 Å². The summed E-state index contributed by atoms with van der Waals surface area (Å²) in [6, 6.07) is 7.06. The largest absolute Gasteiger partial charge is 0.337 e. The molecule has 0 amide bonds. The first kappa shape index (κ1) is 13.8. The lowest BCUT2D eigenvalue weighted by atomic mass is 10.3. The van der Waals surface area contributed by atoms with Crippen LogP contribution in [0.2, 0.25) is 0 Å². The molecule has 0 atom stereocenters. The molecule has 1 N–H and O–H groups in total. The van der Waals surface area contributed by atoms with Crippen LogP contribution in [0.4, 0.5) is 0 Å². The van der Waals surface area contributed by atoms with E-state index in [1.165, 1.54) is 6.26 Å². The summed E-state index contributed by atoms with van der Waals surface area (Å²) in [5.41, 5.74) is 2.97. The number of fused-ring (bicyclic) bond motifs is 1. The minimum absolute atomic E-state index is 0.236. The second kappa shape index (κ2) is 4.70. The maximum absolute atomic E-state index is 11.8. The highest BCUT2D eigenvalue weighted by atomic mass is 32.2. The number of rotatable bonds is 3. The van der Waals surface area contributed by atoms with E-state index in [4.69, 9.17) is 0 Å². The summed E-state index contributed by atoms with van der Waals surface area (Å²) < 4.78 is 25.4. The van der Waals surface area contributed by atoms with Gasteiger partial charge in [0, 0.05) is 13.3 Å². The van der Waals surface area contributed by atoms with Crippen molar-refractivity contribution < 1.29 is 8.42 Å². The molecule has 6 nitrogen and oxygen atoms in total. The van der Waals surface area contributed by atoms with Crippen molar-refractivity contribution in [3.63, 3.8) is 0 Å². The Kier molecular flexibility index (Phi) is 3.09. The first-order valence-electron chi connectivity index (χ1n) is 6.62. The molecule has 2 heterocycles. The Morgan fingerprint density at radius 2 is 2.10 bits per heavy atom. The Morgan fingerprint density at radius 1 is 1.33 bits per heavy atom. The lowest BCUT2D eigenvalue weighted by Crippen LogP contribution is -1.98. The van der Waals surface area contributed by atoms with Crippen molar-refractivity contribution in [1.29, 1.82) is 0 Å². The van der Waals surface area contributed by atoms with Crippen molar-refractivity contribution in [3.05, 3.63) is 30.0 Å². The molecule has 0 fully saturated rings. The summed E-state index contributed by atoms with van der Waals surface area (Å²) in [5, 5.41) is 4.39. The van der Waals surface area contributed by atoms with Gasteiger partial charge in [-0.15, -0.1) is 0 Å². The van der Waals surface area contributed by atoms with Gasteiger partial charge in [-0.1, -0.05) is 13.0 Å². The molecular formula is C14H16N4O2S. The predicted octanol–water partition coefficient (Wildman–Crippen LogP) is 1.93. The summed E-state index contributed by atoms with van der Waals surface area (Å²) in [6.45, 7) is 2.03. The number of benzene rings is 1. The third-order valence-corrected chi connectivity index (χ3v) is 4.54. The summed E-state index contributed by atoms with van der Waals surface area (Å²) in [4.78, 5) is 7.86. The average Bonchev–Trinajstić information content (AvgIpc) is 2.99. The van der Waals surface area contributed by atoms with E-state index in [0.717, 1.165) is 17.8 Å². The van der Waals surface area contributed by atoms with Crippen molar-refractivity contribution in [1.82, 2.24) is 19.7 Å². The van der Waals surface area contributed by atoms with E-state index in [2.05, 4.69) is 15.1 Å². The van der Waals surface area contributed by atoms with E-state index in [-0.39, 0.29) is 4.90 Å². The topological polar surface area (TPSA) is 80.6 Å². The van der Waals surface area contributed by atoms with Crippen LogP contribution < -0.4 is 0 Å². The second-order valence-corrected chi connectivity index (χ2v) is 6.99. The van der Waals surface area contributed by atoms with E-state index in [1.54, 1.807) is 16.8 Å². The van der Waals surface area contributed by atoms with Crippen molar-refractivity contribution >= 4 is 20.9 Å². The Hall–Kier alpha value is -2.15. The van der Waals surface area contributed by atoms with Crippen molar-refractivity contribution in [2.24, 2.45) is 7.05 Å². The van der Waals surface area contributed by atoms with Gasteiger partial charge in [-0.2, -0.15) is 5.10 Å². The molecule has 0 saturated carbocycles. The first-order chi connectivity index (χ1) is 9.90. The van der Waals surface area contributed by atoms with Gasteiger partial charge >= 0.3 is 0 Å². The van der Waals surface area contributed by atoms with Crippen LogP contribution in [0.5, 0.6) is 0 Å². The number of aryl methyl sites for hydroxylation is 2. The minimum atomic E-state index is -3.31. The lowest BCUT2D eigenvalue weighted by Gasteiger charge is -1.97. The molecule has 0 aliphatic heterocycles. The molecule has 3 aromatic rings. The number of nitrogens with zero attached hydrogens (tertiary/aromatic N) is 3. The zero-order valence-electron chi connectivity index (χ0n) is 12.1. The molecular weight excluding hydrogens is 288 g/mol. The van der Waals surface area contributed by atoms with Crippen LogP contribution in [0.1, 0.15) is 12.6 Å². The molecule has 0 spiro atoms. The molecule has 0 radical (unpaired) electrons. The number of hydrogen-bond donors (Lipinski definition) is 1. The van der Waals surface area contributed by atoms with Gasteiger partial charge < -0.3 is 4.98 Å². The molecule has 1 aromatic carbocycles. The SMILES string of the molecule is CCc1cc(-c2nc3c(S(C)(=O)=O)cccc3[nH]2)n(C)n1. The normalized spacial score (nSPS) is 12.1. The minimum Gasteiger partial charge on any atom is -0.337 e. The Morgan fingerprint density at radius 3 is 2.71 bits per heavy atom. The summed E-state index contributed by atoms with van der Waals surface area (Å²) in [6.07, 6.45) is 2.03. The van der Waals surface area contributed by atoms with E-state index in [9.17, 15) is 8.42 Å². The summed E-state index contributed by atoms with van der Waals surface area (Å²) in [7, 11) is -1.47. The van der Waals surface area contributed by atoms with E-state index in [0.29, 0.717) is 16.9 Å². The number of para-hydroxylation sites is 1. The third-order valence-electron chi connectivity index (χ3n) is 3.41. The fraction of sp³-hybridized carbons (Fsp3) is 0.286. The van der Waals surface area contributed by atoms with Crippen LogP contribution in [-0.4, -0.2) is 34.4 Å². The molecule has 0 saturated heterocycles. The molecule has 0 bridgehead atoms. The quantitative estimate of drug-likeness (QED) is 0.801. The summed E-state index contributed by atoms with van der Waals surface area (Å²) >= 11 is 0. The highest BCUT2D eigenvalue weighted by Crippen LogP contribution is 2.25. The molecule has 21 heavy (non-hydrogen) atoms. The van der Waals surface area contributed by atoms with Gasteiger partial charge in [0.2, 0.25) is 0 Å². The zero-order chi connectivity index (χ0) is 15.2. The van der Waals surface area contributed by atoms with Crippen molar-refractivity contribution in [2.75, 3.05) is 6.26 Å². The zero-order valence-corrected chi connectivity index (χ0v) is 12.9. The highest BCUT2D eigenvalue weighted by molar-refractivity contribution is 7.91. The third kappa shape index (κ3) is 2.33. The van der Waals surface area contributed by atoms with E-state index in [1.807, 2.05) is 26.1 Å². The standard InChI is InChI=1S/C14H16N4O2S/c1-4-9-8-11(18(2)17-9)14-15-10-6-5-7-12(13(10)16-14)21(3,19)20/h5-8H,4H2,1-3H3,(H,15,16). The van der Waals surface area contributed by atoms with Crippen LogP contribution in [0, 0.1) is 0 Å². The Balaban J connectivity index is 2.24. The number of nitrogens with one attached hydrogen (secondary N) is 1.